The van der Waals surface area contributed by atoms with Gasteiger partial charge < -0.3 is 14.9 Å². The lowest BCUT2D eigenvalue weighted by Gasteiger charge is -2.15. The average molecular weight is 315 g/mol. The molecule has 0 bridgehead atoms. The van der Waals surface area contributed by atoms with Gasteiger partial charge in [-0.05, 0) is 24.9 Å². The van der Waals surface area contributed by atoms with E-state index in [0.29, 0.717) is 33.0 Å². The maximum atomic E-state index is 14.0. The third kappa shape index (κ3) is 4.03. The molecule has 116 valence electrons. The number of nitrogens with one attached hydrogen (secondary N) is 1. The second-order valence-electron chi connectivity index (χ2n) is 4.64. The lowest BCUT2D eigenvalue weighted by atomic mass is 10.2. The van der Waals surface area contributed by atoms with Crippen LogP contribution in [0.15, 0.2) is 18.2 Å². The first kappa shape index (κ1) is 15.9. The van der Waals surface area contributed by atoms with E-state index in [-0.39, 0.29) is 12.7 Å². The van der Waals surface area contributed by atoms with Crippen molar-refractivity contribution in [3.63, 3.8) is 0 Å². The number of cyclic esters (lactones) is 1. The average Bonchev–Trinajstić information content (AvgIpc) is 2.82. The lowest BCUT2D eigenvalue weighted by molar-refractivity contribution is 0.148. The van der Waals surface area contributed by atoms with Crippen molar-refractivity contribution in [3.8, 4) is 0 Å². The van der Waals surface area contributed by atoms with Gasteiger partial charge in [-0.15, -0.1) is 8.58 Å². The largest absolute Gasteiger partial charge is 0.444 e. The third-order valence-electron chi connectivity index (χ3n) is 3.11. The molecule has 0 aliphatic carbocycles. The second-order valence-corrected chi connectivity index (χ2v) is 5.75. The Morgan fingerprint density at radius 1 is 1.62 bits per heavy atom. The highest BCUT2D eigenvalue weighted by atomic mass is 31.1. The summed E-state index contributed by atoms with van der Waals surface area (Å²) in [6, 6.07) is 4.60. The van der Waals surface area contributed by atoms with Gasteiger partial charge in [0.2, 0.25) is 0 Å². The normalized spacial score (nSPS) is 18.5. The molecule has 1 amide bonds. The molecule has 1 saturated heterocycles. The summed E-state index contributed by atoms with van der Waals surface area (Å²) >= 11 is 0. The summed E-state index contributed by atoms with van der Waals surface area (Å²) in [4.78, 5) is 17.7. The smallest absolute Gasteiger partial charge is 0.414 e. The van der Waals surface area contributed by atoms with Crippen LogP contribution in [0.4, 0.5) is 20.6 Å². The molecule has 1 aromatic carbocycles. The summed E-state index contributed by atoms with van der Waals surface area (Å²) in [7, 11) is 0.714. The number of hydrogen-bond donors (Lipinski definition) is 2. The SMILES string of the molecule is CPC[C@H]1CN(c2ccc(NCCON)c(F)c2)C(=O)O1. The topological polar surface area (TPSA) is 76.8 Å². The maximum absolute atomic E-state index is 14.0. The molecule has 8 heteroatoms. The first-order chi connectivity index (χ1) is 10.2. The van der Waals surface area contributed by atoms with Crippen LogP contribution < -0.4 is 16.1 Å². The Bertz CT molecular complexity index is 504. The zero-order chi connectivity index (χ0) is 15.2. The van der Waals surface area contributed by atoms with Crippen molar-refractivity contribution in [2.24, 2.45) is 5.90 Å². The molecule has 1 aromatic rings. The summed E-state index contributed by atoms with van der Waals surface area (Å²) in [6.07, 6.45) is 0.307. The van der Waals surface area contributed by atoms with E-state index in [4.69, 9.17) is 10.6 Å². The van der Waals surface area contributed by atoms with Gasteiger partial charge in [0.1, 0.15) is 11.9 Å². The quantitative estimate of drug-likeness (QED) is 0.455. The number of halogens is 1. The number of hydrogen-bond acceptors (Lipinski definition) is 5. The van der Waals surface area contributed by atoms with Crippen molar-refractivity contribution < 1.29 is 18.8 Å². The van der Waals surface area contributed by atoms with Crippen molar-refractivity contribution in [3.05, 3.63) is 24.0 Å². The monoisotopic (exact) mass is 315 g/mol. The summed E-state index contributed by atoms with van der Waals surface area (Å²) in [5, 5.41) is 2.86. The van der Waals surface area contributed by atoms with E-state index in [9.17, 15) is 9.18 Å². The predicted molar refractivity (Wildman–Crippen MR) is 81.8 cm³/mol. The summed E-state index contributed by atoms with van der Waals surface area (Å²) < 4.78 is 19.2. The fraction of sp³-hybridized carbons (Fsp3) is 0.462. The molecule has 1 unspecified atom stereocenters. The van der Waals surface area contributed by atoms with Gasteiger partial charge in [0.15, 0.2) is 0 Å². The molecule has 0 aromatic heterocycles. The summed E-state index contributed by atoms with van der Waals surface area (Å²) in [5.74, 6) is 4.47. The van der Waals surface area contributed by atoms with E-state index < -0.39 is 11.9 Å². The van der Waals surface area contributed by atoms with Gasteiger partial charge in [0.05, 0.1) is 24.5 Å². The zero-order valence-electron chi connectivity index (χ0n) is 11.8. The minimum Gasteiger partial charge on any atom is -0.444 e. The number of nitrogens with two attached hydrogens (primary N) is 1. The molecule has 3 N–H and O–H groups in total. The highest BCUT2D eigenvalue weighted by molar-refractivity contribution is 7.37. The minimum atomic E-state index is -0.432. The van der Waals surface area contributed by atoms with Crippen LogP contribution in [0.25, 0.3) is 0 Å². The number of carbonyl (C=O) groups is 1. The van der Waals surface area contributed by atoms with Crippen molar-refractivity contribution in [1.29, 1.82) is 0 Å². The number of amides is 1. The Morgan fingerprint density at radius 2 is 2.43 bits per heavy atom. The summed E-state index contributed by atoms with van der Waals surface area (Å²) in [6.45, 7) is 3.20. The Morgan fingerprint density at radius 3 is 3.10 bits per heavy atom. The number of nitrogens with zero attached hydrogens (tertiary/aromatic N) is 1. The molecule has 1 fully saturated rings. The van der Waals surface area contributed by atoms with E-state index in [0.717, 1.165) is 6.16 Å². The molecule has 6 nitrogen and oxygen atoms in total. The maximum Gasteiger partial charge on any atom is 0.414 e. The van der Waals surface area contributed by atoms with Gasteiger partial charge in [-0.1, -0.05) is 0 Å². The van der Waals surface area contributed by atoms with Gasteiger partial charge in [0, 0.05) is 12.7 Å². The van der Waals surface area contributed by atoms with Gasteiger partial charge >= 0.3 is 6.09 Å². The fourth-order valence-corrected chi connectivity index (χ4v) is 2.79. The Hall–Kier alpha value is -1.43. The van der Waals surface area contributed by atoms with Crippen LogP contribution in [0, 0.1) is 5.82 Å². The molecular formula is C13H19FN3O3P. The van der Waals surface area contributed by atoms with Crippen LogP contribution in [0.5, 0.6) is 0 Å². The van der Waals surface area contributed by atoms with Crippen LogP contribution in [-0.2, 0) is 9.57 Å². The molecule has 1 aliphatic rings. The van der Waals surface area contributed by atoms with Crippen LogP contribution >= 0.6 is 8.58 Å². The molecule has 0 saturated carbocycles. The number of rotatable bonds is 7. The van der Waals surface area contributed by atoms with Crippen LogP contribution in [-0.4, -0.2) is 44.7 Å². The van der Waals surface area contributed by atoms with E-state index in [1.807, 2.05) is 0 Å². The first-order valence-electron chi connectivity index (χ1n) is 6.63. The Balaban J connectivity index is 2.04. The number of anilines is 2. The van der Waals surface area contributed by atoms with Crippen molar-refractivity contribution in [1.82, 2.24) is 0 Å². The molecule has 2 rings (SSSR count). The van der Waals surface area contributed by atoms with Crippen molar-refractivity contribution >= 4 is 26.0 Å². The van der Waals surface area contributed by atoms with Crippen LogP contribution in [0.3, 0.4) is 0 Å². The molecule has 1 aliphatic heterocycles. The van der Waals surface area contributed by atoms with Crippen LogP contribution in [0.1, 0.15) is 0 Å². The van der Waals surface area contributed by atoms with Crippen molar-refractivity contribution in [2.75, 3.05) is 42.7 Å². The number of benzene rings is 1. The van der Waals surface area contributed by atoms with Gasteiger partial charge in [-0.25, -0.2) is 15.1 Å². The lowest BCUT2D eigenvalue weighted by Crippen LogP contribution is -2.25. The Labute approximate surface area is 124 Å². The van der Waals surface area contributed by atoms with Gasteiger partial charge in [-0.2, -0.15) is 0 Å². The number of carbonyl (C=O) groups excluding carboxylic acids is 1. The molecule has 2 atom stereocenters. The highest BCUT2D eigenvalue weighted by Crippen LogP contribution is 2.27. The molecule has 0 radical (unpaired) electrons. The van der Waals surface area contributed by atoms with Gasteiger partial charge in [-0.3, -0.25) is 4.90 Å². The third-order valence-corrected chi connectivity index (χ3v) is 3.97. The molecule has 0 spiro atoms. The highest BCUT2D eigenvalue weighted by Gasteiger charge is 2.32. The van der Waals surface area contributed by atoms with Gasteiger partial charge in [0.25, 0.3) is 0 Å². The molecular weight excluding hydrogens is 296 g/mol. The second kappa shape index (κ2) is 7.54. The van der Waals surface area contributed by atoms with Crippen LogP contribution in [0.2, 0.25) is 0 Å². The molecule has 1 heterocycles. The number of ether oxygens (including phenoxy) is 1. The first-order valence-corrected chi connectivity index (χ1v) is 8.34. The van der Waals surface area contributed by atoms with E-state index in [1.165, 1.54) is 11.0 Å². The summed E-state index contributed by atoms with van der Waals surface area (Å²) in [5.41, 5.74) is 0.843. The van der Waals surface area contributed by atoms with E-state index >= 15 is 0 Å². The minimum absolute atomic E-state index is 0.108. The zero-order valence-corrected chi connectivity index (χ0v) is 12.8. The van der Waals surface area contributed by atoms with E-state index in [1.54, 1.807) is 12.1 Å². The molecule has 21 heavy (non-hydrogen) atoms. The standard InChI is InChI=1S/C13H19FN3O3P/c1-21-8-10-7-17(13(18)20-10)9-2-3-12(11(14)6-9)16-4-5-19-15/h2-3,6,10,16,21H,4-5,7-8,15H2,1H3/t10-/m1/s1. The van der Waals surface area contributed by atoms with E-state index in [2.05, 4.69) is 16.8 Å². The predicted octanol–water partition coefficient (Wildman–Crippen LogP) is 1.76. The Kier molecular flexibility index (Phi) is 5.73. The fourth-order valence-electron chi connectivity index (χ4n) is 2.13. The van der Waals surface area contributed by atoms with Crippen molar-refractivity contribution in [2.45, 2.75) is 6.10 Å².